The second-order valence-electron chi connectivity index (χ2n) is 8.45. The van der Waals surface area contributed by atoms with Crippen LogP contribution in [0.5, 0.6) is 0 Å². The van der Waals surface area contributed by atoms with Crippen molar-refractivity contribution >= 4 is 10.9 Å². The Morgan fingerprint density at radius 1 is 1.07 bits per heavy atom. The molecular weight excluding hydrogens is 368 g/mol. The van der Waals surface area contributed by atoms with E-state index in [-0.39, 0.29) is 17.0 Å². The van der Waals surface area contributed by atoms with Crippen molar-refractivity contribution in [2.45, 2.75) is 46.5 Å². The van der Waals surface area contributed by atoms with Gasteiger partial charge in [0, 0.05) is 35.2 Å². The predicted molar refractivity (Wildman–Crippen MR) is 104 cm³/mol. The van der Waals surface area contributed by atoms with Gasteiger partial charge in [-0.1, -0.05) is 39.0 Å². The van der Waals surface area contributed by atoms with E-state index in [4.69, 9.17) is 5.73 Å². The van der Waals surface area contributed by atoms with Crippen LogP contribution in [0.4, 0.5) is 17.6 Å². The van der Waals surface area contributed by atoms with Crippen LogP contribution in [-0.4, -0.2) is 4.57 Å². The molecule has 0 aliphatic rings. The Morgan fingerprint density at radius 3 is 2.32 bits per heavy atom. The van der Waals surface area contributed by atoms with E-state index >= 15 is 0 Å². The van der Waals surface area contributed by atoms with Gasteiger partial charge >= 0.3 is 6.18 Å². The van der Waals surface area contributed by atoms with Gasteiger partial charge in [0.1, 0.15) is 5.82 Å². The number of fused-ring (bicyclic) bond motifs is 1. The summed E-state index contributed by atoms with van der Waals surface area (Å²) in [5.41, 5.74) is 6.49. The Labute approximate surface area is 162 Å². The molecule has 3 aromatic rings. The Bertz CT molecular complexity index is 1010. The fourth-order valence-electron chi connectivity index (χ4n) is 3.53. The number of rotatable bonds is 3. The van der Waals surface area contributed by atoms with Gasteiger partial charge in [0.15, 0.2) is 0 Å². The van der Waals surface area contributed by atoms with Gasteiger partial charge in [-0.3, -0.25) is 0 Å². The average molecular weight is 392 g/mol. The van der Waals surface area contributed by atoms with Crippen LogP contribution < -0.4 is 5.73 Å². The monoisotopic (exact) mass is 392 g/mol. The molecule has 0 unspecified atom stereocenters. The highest BCUT2D eigenvalue weighted by Gasteiger charge is 2.35. The highest BCUT2D eigenvalue weighted by atomic mass is 19.4. The van der Waals surface area contributed by atoms with Crippen LogP contribution in [0.1, 0.15) is 44.9 Å². The van der Waals surface area contributed by atoms with Gasteiger partial charge in [0.2, 0.25) is 0 Å². The van der Waals surface area contributed by atoms with Crippen molar-refractivity contribution in [2.24, 2.45) is 11.1 Å². The molecule has 2 nitrogen and oxygen atoms in total. The molecule has 2 aromatic carbocycles. The van der Waals surface area contributed by atoms with Gasteiger partial charge < -0.3 is 10.3 Å². The molecular formula is C22H24F4N2. The van der Waals surface area contributed by atoms with Crippen LogP contribution in [-0.2, 0) is 12.7 Å². The first-order valence-electron chi connectivity index (χ1n) is 9.13. The van der Waals surface area contributed by atoms with Gasteiger partial charge in [-0.2, -0.15) is 13.2 Å². The molecule has 0 spiro atoms. The second kappa shape index (κ2) is 6.92. The molecule has 0 radical (unpaired) electrons. The average Bonchev–Trinajstić information content (AvgIpc) is 2.90. The summed E-state index contributed by atoms with van der Waals surface area (Å²) in [7, 11) is 0. The lowest BCUT2D eigenvalue weighted by Crippen LogP contribution is -2.15. The number of halogens is 4. The van der Waals surface area contributed by atoms with Crippen LogP contribution in [0.2, 0.25) is 0 Å². The van der Waals surface area contributed by atoms with E-state index < -0.39 is 23.1 Å². The van der Waals surface area contributed by atoms with Crippen molar-refractivity contribution in [1.82, 2.24) is 4.57 Å². The molecule has 6 heteroatoms. The van der Waals surface area contributed by atoms with Crippen LogP contribution in [0.15, 0.2) is 42.6 Å². The summed E-state index contributed by atoms with van der Waals surface area (Å²) in [6.45, 7) is 8.75. The Morgan fingerprint density at radius 2 is 1.75 bits per heavy atom. The topological polar surface area (TPSA) is 30.9 Å². The molecule has 28 heavy (non-hydrogen) atoms. The maximum atomic E-state index is 14.4. The predicted octanol–water partition coefficient (Wildman–Crippen LogP) is 6.53. The summed E-state index contributed by atoms with van der Waals surface area (Å²) in [6, 6.07) is 7.70. The summed E-state index contributed by atoms with van der Waals surface area (Å²) in [6.07, 6.45) is -2.70. The number of aromatic nitrogens is 1. The minimum Gasteiger partial charge on any atom is -0.347 e. The van der Waals surface area contributed by atoms with Crippen molar-refractivity contribution in [3.05, 3.63) is 59.5 Å². The second-order valence-corrected chi connectivity index (χ2v) is 8.45. The van der Waals surface area contributed by atoms with Crippen molar-refractivity contribution < 1.29 is 17.6 Å². The number of hydrogen-bond acceptors (Lipinski definition) is 1. The summed E-state index contributed by atoms with van der Waals surface area (Å²) in [5.74, 6) is -0.893. The number of benzene rings is 2. The first-order chi connectivity index (χ1) is 12.9. The number of alkyl halides is 3. The van der Waals surface area contributed by atoms with E-state index in [2.05, 4.69) is 20.8 Å². The lowest BCUT2D eigenvalue weighted by molar-refractivity contribution is -0.137. The van der Waals surface area contributed by atoms with Crippen LogP contribution in [0.3, 0.4) is 0 Å². The van der Waals surface area contributed by atoms with E-state index in [1.807, 2.05) is 17.7 Å². The molecule has 0 aliphatic heterocycles. The summed E-state index contributed by atoms with van der Waals surface area (Å²) >= 11 is 0. The molecule has 0 bridgehead atoms. The highest BCUT2D eigenvalue weighted by Crippen LogP contribution is 2.40. The van der Waals surface area contributed by atoms with Crippen LogP contribution >= 0.6 is 0 Å². The maximum Gasteiger partial charge on any atom is 0.417 e. The van der Waals surface area contributed by atoms with Crippen molar-refractivity contribution in [1.29, 1.82) is 0 Å². The van der Waals surface area contributed by atoms with Gasteiger partial charge in [-0.25, -0.2) is 4.39 Å². The van der Waals surface area contributed by atoms with E-state index in [1.165, 1.54) is 6.07 Å². The minimum absolute atomic E-state index is 0.0494. The number of nitrogens with two attached hydrogens (primary N) is 1. The fourth-order valence-corrected chi connectivity index (χ4v) is 3.53. The largest absolute Gasteiger partial charge is 0.417 e. The Hall–Kier alpha value is -2.34. The van der Waals surface area contributed by atoms with E-state index in [1.54, 1.807) is 12.1 Å². The normalized spacial score (nSPS) is 13.9. The van der Waals surface area contributed by atoms with E-state index in [0.717, 1.165) is 34.7 Å². The zero-order chi connectivity index (χ0) is 20.9. The van der Waals surface area contributed by atoms with Crippen molar-refractivity contribution in [2.75, 3.05) is 0 Å². The lowest BCUT2D eigenvalue weighted by atomic mass is 9.96. The number of nitrogens with zero attached hydrogens (tertiary/aromatic N) is 1. The molecule has 0 fully saturated rings. The summed E-state index contributed by atoms with van der Waals surface area (Å²) in [4.78, 5) is 0. The molecule has 0 aliphatic carbocycles. The SMILES string of the molecule is C[C@@H](N)c1cn(CC(C)(C)C)c2cc(-c3c(F)cccc3C(F)(F)F)ccc12. The van der Waals surface area contributed by atoms with Gasteiger partial charge in [-0.15, -0.1) is 0 Å². The minimum atomic E-state index is -4.64. The Balaban J connectivity index is 2.28. The summed E-state index contributed by atoms with van der Waals surface area (Å²) < 4.78 is 56.8. The quantitative estimate of drug-likeness (QED) is 0.505. The van der Waals surface area contributed by atoms with Crippen molar-refractivity contribution in [3.63, 3.8) is 0 Å². The zero-order valence-corrected chi connectivity index (χ0v) is 16.4. The molecule has 1 aromatic heterocycles. The number of hydrogen-bond donors (Lipinski definition) is 1. The molecule has 150 valence electrons. The standard InChI is InChI=1S/C22H24F4N2/c1-13(27)16-11-28(12-21(2,3)4)19-10-14(8-9-15(16)19)20-17(22(24,25)26)6-5-7-18(20)23/h5-11,13H,12,27H2,1-4H3/t13-/m1/s1. The molecule has 0 saturated heterocycles. The van der Waals surface area contributed by atoms with E-state index in [0.29, 0.717) is 6.54 Å². The van der Waals surface area contributed by atoms with Gasteiger partial charge in [0.05, 0.1) is 5.56 Å². The molecule has 1 atom stereocenters. The third kappa shape index (κ3) is 3.92. The van der Waals surface area contributed by atoms with Crippen molar-refractivity contribution in [3.8, 4) is 11.1 Å². The maximum absolute atomic E-state index is 14.4. The van der Waals surface area contributed by atoms with Gasteiger partial charge in [0.25, 0.3) is 0 Å². The summed E-state index contributed by atoms with van der Waals surface area (Å²) in [5, 5.41) is 0.868. The third-order valence-corrected chi connectivity index (χ3v) is 4.66. The highest BCUT2D eigenvalue weighted by molar-refractivity contribution is 5.89. The molecule has 0 amide bonds. The molecule has 2 N–H and O–H groups in total. The smallest absolute Gasteiger partial charge is 0.347 e. The Kier molecular flexibility index (Phi) is 5.04. The lowest BCUT2D eigenvalue weighted by Gasteiger charge is -2.20. The zero-order valence-electron chi connectivity index (χ0n) is 16.4. The van der Waals surface area contributed by atoms with Crippen LogP contribution in [0, 0.1) is 11.2 Å². The fraction of sp³-hybridized carbons (Fsp3) is 0.364. The molecule has 0 saturated carbocycles. The van der Waals surface area contributed by atoms with E-state index in [9.17, 15) is 17.6 Å². The third-order valence-electron chi connectivity index (χ3n) is 4.66. The van der Waals surface area contributed by atoms with Crippen LogP contribution in [0.25, 0.3) is 22.0 Å². The molecule has 1 heterocycles. The molecule has 3 rings (SSSR count). The van der Waals surface area contributed by atoms with Gasteiger partial charge in [-0.05, 0) is 41.7 Å². The first kappa shape index (κ1) is 20.4. The first-order valence-corrected chi connectivity index (χ1v) is 9.13.